The first-order valence-corrected chi connectivity index (χ1v) is 11.8. The Bertz CT molecular complexity index is 1310. The number of rotatable bonds is 3. The molecule has 5 rings (SSSR count). The third kappa shape index (κ3) is 4.76. The molecule has 1 fully saturated rings. The van der Waals surface area contributed by atoms with Gasteiger partial charge in [-0.1, -0.05) is 34.1 Å². The molecule has 176 valence electrons. The van der Waals surface area contributed by atoms with Gasteiger partial charge in [-0.2, -0.15) is 0 Å². The SMILES string of the molecule is COc1ccc2c(B3OC(C)(C)C(C)(C)O3)cccc2n1.COc1ccc2c(Br)cccc2n1. The zero-order valence-electron chi connectivity index (χ0n) is 20.3. The molecule has 0 N–H and O–H groups in total. The van der Waals surface area contributed by atoms with Crippen molar-refractivity contribution in [3.8, 4) is 11.8 Å². The second kappa shape index (κ2) is 9.52. The molecule has 0 spiro atoms. The van der Waals surface area contributed by atoms with Crippen LogP contribution in [0.4, 0.5) is 0 Å². The highest BCUT2D eigenvalue weighted by molar-refractivity contribution is 9.10. The Morgan fingerprint density at radius 3 is 1.76 bits per heavy atom. The Hall–Kier alpha value is -2.68. The van der Waals surface area contributed by atoms with E-state index in [4.69, 9.17) is 18.8 Å². The average molecular weight is 523 g/mol. The third-order valence-electron chi connectivity index (χ3n) is 6.32. The maximum atomic E-state index is 6.13. The molecule has 1 saturated heterocycles. The van der Waals surface area contributed by atoms with E-state index < -0.39 is 0 Å². The van der Waals surface area contributed by atoms with Crippen LogP contribution < -0.4 is 14.9 Å². The molecular formula is C26H28BBrN2O4. The zero-order chi connectivity index (χ0) is 24.5. The van der Waals surface area contributed by atoms with Crippen molar-refractivity contribution in [3.63, 3.8) is 0 Å². The summed E-state index contributed by atoms with van der Waals surface area (Å²) < 4.78 is 23.5. The molecule has 0 radical (unpaired) electrons. The van der Waals surface area contributed by atoms with Gasteiger partial charge in [0.05, 0.1) is 36.5 Å². The Morgan fingerprint density at radius 1 is 0.706 bits per heavy atom. The number of halogens is 1. The predicted molar refractivity (Wildman–Crippen MR) is 140 cm³/mol. The lowest BCUT2D eigenvalue weighted by Gasteiger charge is -2.32. The van der Waals surface area contributed by atoms with Crippen LogP contribution in [0.25, 0.3) is 21.8 Å². The van der Waals surface area contributed by atoms with Gasteiger partial charge >= 0.3 is 7.12 Å². The quantitative estimate of drug-likeness (QED) is 0.329. The minimum atomic E-state index is -0.381. The fourth-order valence-electron chi connectivity index (χ4n) is 3.66. The van der Waals surface area contributed by atoms with Crippen molar-refractivity contribution in [3.05, 3.63) is 65.1 Å². The molecule has 2 aromatic heterocycles. The molecule has 1 aliphatic rings. The highest BCUT2D eigenvalue weighted by Gasteiger charge is 2.52. The normalized spacial score (nSPS) is 16.3. The molecule has 2 aromatic carbocycles. The first-order valence-electron chi connectivity index (χ1n) is 11.0. The number of fused-ring (bicyclic) bond motifs is 2. The maximum Gasteiger partial charge on any atom is 0.495 e. The van der Waals surface area contributed by atoms with Crippen LogP contribution in [0.15, 0.2) is 65.1 Å². The lowest BCUT2D eigenvalue weighted by molar-refractivity contribution is 0.00578. The van der Waals surface area contributed by atoms with Crippen molar-refractivity contribution in [1.82, 2.24) is 9.97 Å². The van der Waals surface area contributed by atoms with Crippen LogP contribution in [-0.4, -0.2) is 42.5 Å². The first kappa shape index (κ1) is 24.4. The highest BCUT2D eigenvalue weighted by Crippen LogP contribution is 2.37. The standard InChI is InChI=1S/C16H20BNO3.C10H8BrNO/c1-15(2)16(3,4)21-17(20-15)12-7-6-8-13-11(12)9-10-14(18-13)19-5;1-13-10-6-5-7-8(11)3-2-4-9(7)12-10/h6-10H,1-5H3;2-6H,1H3. The summed E-state index contributed by atoms with van der Waals surface area (Å²) in [5.41, 5.74) is 2.12. The minimum absolute atomic E-state index is 0.347. The van der Waals surface area contributed by atoms with Gasteiger partial charge in [-0.3, -0.25) is 0 Å². The van der Waals surface area contributed by atoms with Gasteiger partial charge < -0.3 is 18.8 Å². The predicted octanol–water partition coefficient (Wildman–Crippen LogP) is 5.55. The number of hydrogen-bond donors (Lipinski definition) is 0. The summed E-state index contributed by atoms with van der Waals surface area (Å²) in [4.78, 5) is 8.77. The summed E-state index contributed by atoms with van der Waals surface area (Å²) in [7, 11) is 2.85. The van der Waals surface area contributed by atoms with E-state index in [-0.39, 0.29) is 18.3 Å². The van der Waals surface area contributed by atoms with Crippen LogP contribution in [0.3, 0.4) is 0 Å². The molecule has 3 heterocycles. The topological polar surface area (TPSA) is 62.7 Å². The number of pyridine rings is 2. The van der Waals surface area contributed by atoms with E-state index in [1.54, 1.807) is 14.2 Å². The third-order valence-corrected chi connectivity index (χ3v) is 7.01. The number of nitrogens with zero attached hydrogens (tertiary/aromatic N) is 2. The minimum Gasteiger partial charge on any atom is -0.481 e. The molecule has 0 saturated carbocycles. The second-order valence-corrected chi connectivity index (χ2v) is 9.87. The smallest absolute Gasteiger partial charge is 0.481 e. The number of methoxy groups -OCH3 is 2. The lowest BCUT2D eigenvalue weighted by atomic mass is 9.77. The monoisotopic (exact) mass is 522 g/mol. The van der Waals surface area contributed by atoms with E-state index in [2.05, 4.69) is 53.6 Å². The highest BCUT2D eigenvalue weighted by atomic mass is 79.9. The summed E-state index contributed by atoms with van der Waals surface area (Å²) >= 11 is 3.46. The fraction of sp³-hybridized carbons (Fsp3) is 0.308. The van der Waals surface area contributed by atoms with Gasteiger partial charge in [0.25, 0.3) is 0 Å². The molecule has 8 heteroatoms. The molecular weight excluding hydrogens is 495 g/mol. The van der Waals surface area contributed by atoms with Gasteiger partial charge in [-0.25, -0.2) is 9.97 Å². The first-order chi connectivity index (χ1) is 16.1. The Labute approximate surface area is 208 Å². The van der Waals surface area contributed by atoms with Gasteiger partial charge in [0.1, 0.15) is 0 Å². The van der Waals surface area contributed by atoms with Gasteiger partial charge in [-0.15, -0.1) is 0 Å². The molecule has 34 heavy (non-hydrogen) atoms. The van der Waals surface area contributed by atoms with Crippen molar-refractivity contribution in [2.45, 2.75) is 38.9 Å². The summed E-state index contributed by atoms with van der Waals surface area (Å²) in [5.74, 6) is 1.25. The van der Waals surface area contributed by atoms with Crippen LogP contribution in [-0.2, 0) is 9.31 Å². The van der Waals surface area contributed by atoms with Crippen LogP contribution >= 0.6 is 15.9 Å². The van der Waals surface area contributed by atoms with Crippen LogP contribution in [0, 0.1) is 0 Å². The van der Waals surface area contributed by atoms with Gasteiger partial charge in [-0.05, 0) is 63.5 Å². The summed E-state index contributed by atoms with van der Waals surface area (Å²) in [6, 6.07) is 19.6. The summed E-state index contributed by atoms with van der Waals surface area (Å²) in [5, 5.41) is 2.13. The average Bonchev–Trinajstić information content (AvgIpc) is 3.05. The van der Waals surface area contributed by atoms with E-state index in [0.717, 1.165) is 31.7 Å². The van der Waals surface area contributed by atoms with E-state index in [1.165, 1.54) is 0 Å². The molecule has 0 atom stereocenters. The maximum absolute atomic E-state index is 6.13. The molecule has 0 amide bonds. The molecule has 4 aromatic rings. The number of aromatic nitrogens is 2. The van der Waals surface area contributed by atoms with Gasteiger partial charge in [0.15, 0.2) is 0 Å². The van der Waals surface area contributed by atoms with E-state index in [1.807, 2.05) is 60.7 Å². The lowest BCUT2D eigenvalue weighted by Crippen LogP contribution is -2.41. The molecule has 0 aliphatic carbocycles. The number of hydrogen-bond acceptors (Lipinski definition) is 6. The summed E-state index contributed by atoms with van der Waals surface area (Å²) in [6.45, 7) is 8.22. The Morgan fingerprint density at radius 2 is 1.21 bits per heavy atom. The van der Waals surface area contributed by atoms with Gasteiger partial charge in [0.2, 0.25) is 11.8 Å². The van der Waals surface area contributed by atoms with Crippen LogP contribution in [0.1, 0.15) is 27.7 Å². The van der Waals surface area contributed by atoms with Crippen molar-refractivity contribution in [1.29, 1.82) is 0 Å². The number of benzene rings is 2. The van der Waals surface area contributed by atoms with Crippen molar-refractivity contribution in [2.75, 3.05) is 14.2 Å². The molecule has 0 unspecified atom stereocenters. The largest absolute Gasteiger partial charge is 0.495 e. The summed E-state index contributed by atoms with van der Waals surface area (Å²) in [6.07, 6.45) is 0. The Balaban J connectivity index is 0.000000180. The van der Waals surface area contributed by atoms with E-state index in [9.17, 15) is 0 Å². The van der Waals surface area contributed by atoms with Crippen molar-refractivity contribution in [2.24, 2.45) is 0 Å². The van der Waals surface area contributed by atoms with Gasteiger partial charge in [0, 0.05) is 27.4 Å². The molecule has 6 nitrogen and oxygen atoms in total. The van der Waals surface area contributed by atoms with Crippen LogP contribution in [0.2, 0.25) is 0 Å². The Kier molecular flexibility index (Phi) is 6.85. The number of ether oxygens (including phenoxy) is 2. The van der Waals surface area contributed by atoms with E-state index in [0.29, 0.717) is 11.8 Å². The molecule has 0 bridgehead atoms. The second-order valence-electron chi connectivity index (χ2n) is 9.02. The van der Waals surface area contributed by atoms with Crippen molar-refractivity contribution >= 4 is 50.3 Å². The van der Waals surface area contributed by atoms with Crippen LogP contribution in [0.5, 0.6) is 11.8 Å². The van der Waals surface area contributed by atoms with E-state index >= 15 is 0 Å². The fourth-order valence-corrected chi connectivity index (χ4v) is 4.15. The molecule has 1 aliphatic heterocycles. The zero-order valence-corrected chi connectivity index (χ0v) is 21.8. The van der Waals surface area contributed by atoms with Crippen molar-refractivity contribution < 1.29 is 18.8 Å².